The molecule has 1 unspecified atom stereocenters. The quantitative estimate of drug-likeness (QED) is 0.828. The summed E-state index contributed by atoms with van der Waals surface area (Å²) in [4.78, 5) is 12.6. The zero-order chi connectivity index (χ0) is 15.2. The van der Waals surface area contributed by atoms with Crippen molar-refractivity contribution in [2.24, 2.45) is 0 Å². The minimum Gasteiger partial charge on any atom is -0.495 e. The fraction of sp³-hybridized carbons (Fsp3) is 0.133. The molecule has 5 nitrogen and oxygen atoms in total. The SMILES string of the molecule is COc1ccc(N)cc1NC(=O)CS(=O)c1ccccc1. The Morgan fingerprint density at radius 3 is 2.62 bits per heavy atom. The van der Waals surface area contributed by atoms with E-state index in [1.54, 1.807) is 42.5 Å². The van der Waals surface area contributed by atoms with Crippen molar-refractivity contribution < 1.29 is 13.7 Å². The molecule has 0 fully saturated rings. The number of carbonyl (C=O) groups excluding carboxylic acids is 1. The Labute approximate surface area is 125 Å². The number of hydrogen-bond acceptors (Lipinski definition) is 4. The third kappa shape index (κ3) is 4.06. The minimum absolute atomic E-state index is 0.123. The van der Waals surface area contributed by atoms with Gasteiger partial charge in [0.25, 0.3) is 0 Å². The van der Waals surface area contributed by atoms with E-state index in [-0.39, 0.29) is 11.7 Å². The summed E-state index contributed by atoms with van der Waals surface area (Å²) in [5.74, 6) is 0.0197. The van der Waals surface area contributed by atoms with Crippen LogP contribution in [-0.2, 0) is 15.6 Å². The van der Waals surface area contributed by atoms with Gasteiger partial charge in [-0.15, -0.1) is 0 Å². The molecule has 110 valence electrons. The van der Waals surface area contributed by atoms with Crippen LogP contribution < -0.4 is 15.8 Å². The Balaban J connectivity index is 2.05. The van der Waals surface area contributed by atoms with E-state index in [2.05, 4.69) is 5.32 Å². The van der Waals surface area contributed by atoms with Gasteiger partial charge in [0.15, 0.2) is 0 Å². The van der Waals surface area contributed by atoms with Crippen LogP contribution in [0.2, 0.25) is 0 Å². The van der Waals surface area contributed by atoms with E-state index in [1.807, 2.05) is 6.07 Å². The molecule has 0 aliphatic carbocycles. The van der Waals surface area contributed by atoms with Crippen molar-refractivity contribution in [3.8, 4) is 5.75 Å². The molecule has 3 N–H and O–H groups in total. The highest BCUT2D eigenvalue weighted by Crippen LogP contribution is 2.26. The van der Waals surface area contributed by atoms with Crippen molar-refractivity contribution >= 4 is 28.1 Å². The Kier molecular flexibility index (Phi) is 4.94. The first-order chi connectivity index (χ1) is 10.1. The number of nitrogens with two attached hydrogens (primary N) is 1. The van der Waals surface area contributed by atoms with Crippen LogP contribution in [0.3, 0.4) is 0 Å². The number of carbonyl (C=O) groups is 1. The molecule has 2 aromatic carbocycles. The lowest BCUT2D eigenvalue weighted by atomic mass is 10.2. The third-order valence-corrected chi connectivity index (χ3v) is 4.09. The molecule has 0 aliphatic heterocycles. The molecule has 6 heteroatoms. The van der Waals surface area contributed by atoms with Crippen LogP contribution in [0.1, 0.15) is 0 Å². The topological polar surface area (TPSA) is 81.4 Å². The lowest BCUT2D eigenvalue weighted by molar-refractivity contribution is -0.113. The number of nitrogens with one attached hydrogen (secondary N) is 1. The number of methoxy groups -OCH3 is 1. The molecule has 2 aromatic rings. The number of nitrogen functional groups attached to an aromatic ring is 1. The standard InChI is InChI=1S/C15H16N2O3S/c1-20-14-8-7-11(16)9-13(14)17-15(18)10-21(19)12-5-3-2-4-6-12/h2-9H,10,16H2,1H3,(H,17,18). The molecule has 0 aromatic heterocycles. The van der Waals surface area contributed by atoms with Crippen LogP contribution in [-0.4, -0.2) is 23.0 Å². The molecule has 0 spiro atoms. The lowest BCUT2D eigenvalue weighted by Gasteiger charge is -2.10. The van der Waals surface area contributed by atoms with Gasteiger partial charge in [0.05, 0.1) is 23.6 Å². The average Bonchev–Trinajstić information content (AvgIpc) is 2.48. The molecule has 1 amide bonds. The molecule has 0 saturated heterocycles. The number of rotatable bonds is 5. The van der Waals surface area contributed by atoms with Crippen molar-refractivity contribution in [3.63, 3.8) is 0 Å². The van der Waals surface area contributed by atoms with Crippen molar-refractivity contribution in [1.29, 1.82) is 0 Å². The van der Waals surface area contributed by atoms with Crippen LogP contribution in [0, 0.1) is 0 Å². The first-order valence-corrected chi connectivity index (χ1v) is 7.59. The van der Waals surface area contributed by atoms with Gasteiger partial charge in [-0.1, -0.05) is 18.2 Å². The van der Waals surface area contributed by atoms with E-state index in [0.29, 0.717) is 22.0 Å². The van der Waals surface area contributed by atoms with E-state index in [4.69, 9.17) is 10.5 Å². The van der Waals surface area contributed by atoms with Gasteiger partial charge >= 0.3 is 0 Å². The third-order valence-electron chi connectivity index (χ3n) is 2.77. The van der Waals surface area contributed by atoms with Gasteiger partial charge in [0, 0.05) is 10.6 Å². The summed E-state index contributed by atoms with van der Waals surface area (Å²) in [6.07, 6.45) is 0. The van der Waals surface area contributed by atoms with E-state index >= 15 is 0 Å². The van der Waals surface area contributed by atoms with Crippen LogP contribution in [0.4, 0.5) is 11.4 Å². The zero-order valence-electron chi connectivity index (χ0n) is 11.5. The van der Waals surface area contributed by atoms with Crippen LogP contribution >= 0.6 is 0 Å². The monoisotopic (exact) mass is 304 g/mol. The second-order valence-electron chi connectivity index (χ2n) is 4.31. The van der Waals surface area contributed by atoms with Crippen LogP contribution in [0.25, 0.3) is 0 Å². The van der Waals surface area contributed by atoms with Gasteiger partial charge in [-0.05, 0) is 30.3 Å². The molecule has 0 heterocycles. The molecule has 1 atom stereocenters. The van der Waals surface area contributed by atoms with Gasteiger partial charge in [0.1, 0.15) is 11.5 Å². The molecule has 0 bridgehead atoms. The Morgan fingerprint density at radius 2 is 1.95 bits per heavy atom. The highest BCUT2D eigenvalue weighted by Gasteiger charge is 2.12. The Morgan fingerprint density at radius 1 is 1.24 bits per heavy atom. The molecule has 2 rings (SSSR count). The van der Waals surface area contributed by atoms with Crippen molar-refractivity contribution in [2.75, 3.05) is 23.9 Å². The minimum atomic E-state index is -1.39. The Hall–Kier alpha value is -2.34. The molecule has 0 saturated carbocycles. The predicted molar refractivity (Wildman–Crippen MR) is 83.8 cm³/mol. The fourth-order valence-corrected chi connectivity index (χ4v) is 2.72. The summed E-state index contributed by atoms with van der Waals surface area (Å²) >= 11 is 0. The highest BCUT2D eigenvalue weighted by molar-refractivity contribution is 7.85. The fourth-order valence-electron chi connectivity index (χ4n) is 1.78. The first kappa shape index (κ1) is 15.1. The summed E-state index contributed by atoms with van der Waals surface area (Å²) in [7, 11) is 0.118. The summed E-state index contributed by atoms with van der Waals surface area (Å²) < 4.78 is 17.2. The molecular formula is C15H16N2O3S. The molecule has 0 radical (unpaired) electrons. The second-order valence-corrected chi connectivity index (χ2v) is 5.76. The Bertz CT molecular complexity index is 659. The van der Waals surface area contributed by atoms with Crippen molar-refractivity contribution in [2.45, 2.75) is 4.90 Å². The summed E-state index contributed by atoms with van der Waals surface area (Å²) in [5.41, 5.74) is 6.66. The largest absolute Gasteiger partial charge is 0.495 e. The number of amides is 1. The second kappa shape index (κ2) is 6.90. The van der Waals surface area contributed by atoms with Gasteiger partial charge in [-0.2, -0.15) is 0 Å². The smallest absolute Gasteiger partial charge is 0.237 e. The lowest BCUT2D eigenvalue weighted by Crippen LogP contribution is -2.20. The van der Waals surface area contributed by atoms with E-state index in [1.165, 1.54) is 7.11 Å². The number of benzene rings is 2. The van der Waals surface area contributed by atoms with Crippen LogP contribution in [0.5, 0.6) is 5.75 Å². The maximum Gasteiger partial charge on any atom is 0.237 e. The van der Waals surface area contributed by atoms with Gasteiger partial charge in [0.2, 0.25) is 5.91 Å². The van der Waals surface area contributed by atoms with Gasteiger partial charge < -0.3 is 15.8 Å². The van der Waals surface area contributed by atoms with E-state index < -0.39 is 10.8 Å². The van der Waals surface area contributed by atoms with E-state index in [9.17, 15) is 9.00 Å². The van der Waals surface area contributed by atoms with Crippen LogP contribution in [0.15, 0.2) is 53.4 Å². The summed E-state index contributed by atoms with van der Waals surface area (Å²) in [6.45, 7) is 0. The number of hydrogen-bond donors (Lipinski definition) is 2. The normalized spacial score (nSPS) is 11.7. The molecule has 21 heavy (non-hydrogen) atoms. The average molecular weight is 304 g/mol. The van der Waals surface area contributed by atoms with Crippen molar-refractivity contribution in [3.05, 3.63) is 48.5 Å². The molecule has 0 aliphatic rings. The number of ether oxygens (including phenoxy) is 1. The van der Waals surface area contributed by atoms with Gasteiger partial charge in [-0.3, -0.25) is 9.00 Å². The highest BCUT2D eigenvalue weighted by atomic mass is 32.2. The summed E-state index contributed by atoms with van der Waals surface area (Å²) in [6, 6.07) is 13.8. The first-order valence-electron chi connectivity index (χ1n) is 6.27. The maximum atomic E-state index is 12.1. The maximum absolute atomic E-state index is 12.1. The predicted octanol–water partition coefficient (Wildman–Crippen LogP) is 2.02. The van der Waals surface area contributed by atoms with E-state index in [0.717, 1.165) is 0 Å². The molecular weight excluding hydrogens is 288 g/mol. The van der Waals surface area contributed by atoms with Crippen molar-refractivity contribution in [1.82, 2.24) is 0 Å². The number of anilines is 2. The van der Waals surface area contributed by atoms with Gasteiger partial charge in [-0.25, -0.2) is 0 Å². The zero-order valence-corrected chi connectivity index (χ0v) is 12.4. The summed E-state index contributed by atoms with van der Waals surface area (Å²) in [5, 5.41) is 2.67.